The summed E-state index contributed by atoms with van der Waals surface area (Å²) in [4.78, 5) is 0. The Morgan fingerprint density at radius 1 is 1.47 bits per heavy atom. The normalized spacial score (nSPS) is 10.8. The lowest BCUT2D eigenvalue weighted by Crippen LogP contribution is -2.06. The fraction of sp³-hybridized carbons (Fsp3) is 0.455. The third kappa shape index (κ3) is 3.47. The molecule has 1 N–H and O–H groups in total. The minimum atomic E-state index is -0.485. The maximum Gasteiger partial charge on any atom is 0.170 e. The Morgan fingerprint density at radius 2 is 2.13 bits per heavy atom. The minimum absolute atomic E-state index is 0.183. The van der Waals surface area contributed by atoms with Gasteiger partial charge in [0.15, 0.2) is 11.6 Å². The number of halogens is 2. The maximum atomic E-state index is 13.6. The quantitative estimate of drug-likeness (QED) is 0.916. The first-order valence-corrected chi connectivity index (χ1v) is 5.55. The predicted molar refractivity (Wildman–Crippen MR) is 60.4 cm³/mol. The molecule has 0 unspecified atom stereocenters. The van der Waals surface area contributed by atoms with Crippen molar-refractivity contribution in [1.29, 1.82) is 0 Å². The number of aliphatic hydroxyl groups excluding tert-OH is 1. The number of benzene rings is 1. The van der Waals surface area contributed by atoms with Gasteiger partial charge in [-0.3, -0.25) is 0 Å². The Morgan fingerprint density at radius 3 is 2.67 bits per heavy atom. The Hall–Kier alpha value is -0.610. The maximum absolute atomic E-state index is 13.6. The Bertz CT molecular complexity index is 340. The first kappa shape index (κ1) is 12.5. The summed E-state index contributed by atoms with van der Waals surface area (Å²) < 4.78 is 19.6. The van der Waals surface area contributed by atoms with Gasteiger partial charge in [0.25, 0.3) is 0 Å². The van der Waals surface area contributed by atoms with Gasteiger partial charge in [-0.05, 0) is 18.1 Å². The lowest BCUT2D eigenvalue weighted by atomic mass is 10.2. The van der Waals surface area contributed by atoms with Crippen LogP contribution in [0.5, 0.6) is 5.75 Å². The summed E-state index contributed by atoms with van der Waals surface area (Å²) in [6.45, 7) is 4.10. The lowest BCUT2D eigenvalue weighted by Gasteiger charge is -2.11. The highest BCUT2D eigenvalue weighted by molar-refractivity contribution is 9.10. The van der Waals surface area contributed by atoms with Gasteiger partial charge in [0.1, 0.15) is 0 Å². The van der Waals surface area contributed by atoms with Crippen LogP contribution in [0.15, 0.2) is 16.6 Å². The molecule has 0 spiro atoms. The van der Waals surface area contributed by atoms with Gasteiger partial charge in [0.05, 0.1) is 13.2 Å². The molecule has 0 heterocycles. The molecule has 15 heavy (non-hydrogen) atoms. The largest absolute Gasteiger partial charge is 0.490 e. The van der Waals surface area contributed by atoms with Gasteiger partial charge in [0.2, 0.25) is 0 Å². The molecule has 0 aliphatic rings. The fourth-order valence-corrected chi connectivity index (χ4v) is 1.58. The second-order valence-corrected chi connectivity index (χ2v) is 4.66. The summed E-state index contributed by atoms with van der Waals surface area (Å²) >= 11 is 3.24. The second-order valence-electron chi connectivity index (χ2n) is 3.74. The van der Waals surface area contributed by atoms with Gasteiger partial charge in [0, 0.05) is 10.0 Å². The highest BCUT2D eigenvalue weighted by atomic mass is 79.9. The van der Waals surface area contributed by atoms with Crippen LogP contribution in [0.3, 0.4) is 0 Å². The molecule has 0 radical (unpaired) electrons. The molecule has 4 heteroatoms. The van der Waals surface area contributed by atoms with E-state index < -0.39 is 5.82 Å². The lowest BCUT2D eigenvalue weighted by molar-refractivity contribution is 0.249. The van der Waals surface area contributed by atoms with E-state index in [2.05, 4.69) is 15.9 Å². The zero-order valence-electron chi connectivity index (χ0n) is 8.76. The van der Waals surface area contributed by atoms with Gasteiger partial charge in [-0.25, -0.2) is 4.39 Å². The molecule has 84 valence electrons. The third-order valence-corrected chi connectivity index (χ3v) is 2.28. The van der Waals surface area contributed by atoms with E-state index in [-0.39, 0.29) is 17.9 Å². The monoisotopic (exact) mass is 276 g/mol. The highest BCUT2D eigenvalue weighted by Gasteiger charge is 2.11. The van der Waals surface area contributed by atoms with Crippen LogP contribution < -0.4 is 4.74 Å². The standard InChI is InChI=1S/C11H14BrFO2/c1-7(2)6-15-10-4-9(12)3-8(5-14)11(10)13/h3-4,7,14H,5-6H2,1-2H3. The molecule has 1 aromatic carbocycles. The van der Waals surface area contributed by atoms with E-state index in [4.69, 9.17) is 9.84 Å². The molecule has 0 atom stereocenters. The molecule has 0 aromatic heterocycles. The number of hydrogen-bond acceptors (Lipinski definition) is 2. The predicted octanol–water partition coefficient (Wildman–Crippen LogP) is 3.12. The summed E-state index contributed by atoms with van der Waals surface area (Å²) in [5.41, 5.74) is 0.239. The van der Waals surface area contributed by atoms with Crippen molar-refractivity contribution in [1.82, 2.24) is 0 Å². The number of ether oxygens (including phenoxy) is 1. The molecule has 0 saturated heterocycles. The smallest absolute Gasteiger partial charge is 0.170 e. The molecule has 1 aromatic rings. The van der Waals surface area contributed by atoms with E-state index in [1.54, 1.807) is 6.07 Å². The Kier molecular flexibility index (Phi) is 4.54. The van der Waals surface area contributed by atoms with E-state index in [0.717, 1.165) is 0 Å². The van der Waals surface area contributed by atoms with Crippen LogP contribution in [-0.4, -0.2) is 11.7 Å². The molecule has 0 bridgehead atoms. The van der Waals surface area contributed by atoms with Gasteiger partial charge < -0.3 is 9.84 Å². The van der Waals surface area contributed by atoms with E-state index in [9.17, 15) is 4.39 Å². The van der Waals surface area contributed by atoms with Crippen molar-refractivity contribution in [2.45, 2.75) is 20.5 Å². The van der Waals surface area contributed by atoms with Gasteiger partial charge in [-0.15, -0.1) is 0 Å². The molecule has 0 fully saturated rings. The zero-order valence-corrected chi connectivity index (χ0v) is 10.3. The van der Waals surface area contributed by atoms with Gasteiger partial charge >= 0.3 is 0 Å². The number of rotatable bonds is 4. The number of aliphatic hydroxyl groups is 1. The molecule has 1 rings (SSSR count). The van der Waals surface area contributed by atoms with E-state index in [1.165, 1.54) is 6.07 Å². The Balaban J connectivity index is 2.91. The summed E-state index contributed by atoms with van der Waals surface area (Å²) in [5, 5.41) is 8.93. The van der Waals surface area contributed by atoms with Crippen LogP contribution in [0.25, 0.3) is 0 Å². The van der Waals surface area contributed by atoms with Crippen molar-refractivity contribution in [2.24, 2.45) is 5.92 Å². The average Bonchev–Trinajstić information content (AvgIpc) is 2.18. The molecule has 2 nitrogen and oxygen atoms in total. The first-order valence-electron chi connectivity index (χ1n) is 4.76. The van der Waals surface area contributed by atoms with Crippen LogP contribution in [-0.2, 0) is 6.61 Å². The van der Waals surface area contributed by atoms with E-state index in [0.29, 0.717) is 17.0 Å². The van der Waals surface area contributed by atoms with Crippen molar-refractivity contribution in [3.8, 4) is 5.75 Å². The van der Waals surface area contributed by atoms with Crippen molar-refractivity contribution < 1.29 is 14.2 Å². The topological polar surface area (TPSA) is 29.5 Å². The van der Waals surface area contributed by atoms with Crippen LogP contribution in [0.4, 0.5) is 4.39 Å². The molecular formula is C11H14BrFO2. The highest BCUT2D eigenvalue weighted by Crippen LogP contribution is 2.26. The van der Waals surface area contributed by atoms with Crippen molar-refractivity contribution in [2.75, 3.05) is 6.61 Å². The minimum Gasteiger partial charge on any atom is -0.490 e. The van der Waals surface area contributed by atoms with E-state index >= 15 is 0 Å². The summed E-state index contributed by atoms with van der Waals surface area (Å²) in [6.07, 6.45) is 0. The molecule has 0 amide bonds. The summed E-state index contributed by atoms with van der Waals surface area (Å²) in [7, 11) is 0. The van der Waals surface area contributed by atoms with Gasteiger partial charge in [-0.1, -0.05) is 29.8 Å². The molecular weight excluding hydrogens is 263 g/mol. The zero-order chi connectivity index (χ0) is 11.4. The summed E-state index contributed by atoms with van der Waals surface area (Å²) in [5.74, 6) is 0.0319. The van der Waals surface area contributed by atoms with Crippen molar-refractivity contribution >= 4 is 15.9 Å². The third-order valence-electron chi connectivity index (χ3n) is 1.82. The molecule has 0 aliphatic carbocycles. The molecule has 0 aliphatic heterocycles. The number of hydrogen-bond donors (Lipinski definition) is 1. The summed E-state index contributed by atoms with van der Waals surface area (Å²) in [6, 6.07) is 3.11. The van der Waals surface area contributed by atoms with Crippen LogP contribution in [0.1, 0.15) is 19.4 Å². The second kappa shape index (κ2) is 5.47. The first-order chi connectivity index (χ1) is 7.04. The van der Waals surface area contributed by atoms with Crippen molar-refractivity contribution in [3.05, 3.63) is 28.0 Å². The molecule has 0 saturated carbocycles. The average molecular weight is 277 g/mol. The van der Waals surface area contributed by atoms with E-state index in [1.807, 2.05) is 13.8 Å². The SMILES string of the molecule is CC(C)COc1cc(Br)cc(CO)c1F. The van der Waals surface area contributed by atoms with Crippen molar-refractivity contribution in [3.63, 3.8) is 0 Å². The van der Waals surface area contributed by atoms with Crippen LogP contribution in [0.2, 0.25) is 0 Å². The van der Waals surface area contributed by atoms with Crippen LogP contribution in [0, 0.1) is 11.7 Å². The van der Waals surface area contributed by atoms with Crippen LogP contribution >= 0.6 is 15.9 Å². The Labute approximate surface area is 97.2 Å². The van der Waals surface area contributed by atoms with Gasteiger partial charge in [-0.2, -0.15) is 0 Å². The fourth-order valence-electron chi connectivity index (χ4n) is 1.09.